The normalized spacial score (nSPS) is 13.9. The summed E-state index contributed by atoms with van der Waals surface area (Å²) in [5, 5.41) is 9.12. The molecule has 0 radical (unpaired) electrons. The molecule has 4 nitrogen and oxygen atoms in total. The van der Waals surface area contributed by atoms with Gasteiger partial charge in [-0.3, -0.25) is 0 Å². The molecule has 0 aliphatic heterocycles. The first-order chi connectivity index (χ1) is 7.86. The molecule has 1 aromatic carbocycles. The third-order valence-corrected chi connectivity index (χ3v) is 4.47. The zero-order valence-electron chi connectivity index (χ0n) is 9.72. The summed E-state index contributed by atoms with van der Waals surface area (Å²) in [7, 11) is -3.56. The fourth-order valence-corrected chi connectivity index (χ4v) is 2.91. The second kappa shape index (κ2) is 5.95. The molecule has 0 saturated heterocycles. The van der Waals surface area contributed by atoms with Crippen molar-refractivity contribution in [2.45, 2.75) is 24.8 Å². The average molecular weight is 322 g/mol. The van der Waals surface area contributed by atoms with Crippen LogP contribution < -0.4 is 4.72 Å². The van der Waals surface area contributed by atoms with Crippen LogP contribution in [0.25, 0.3) is 0 Å². The van der Waals surface area contributed by atoms with Crippen LogP contribution in [0.4, 0.5) is 0 Å². The van der Waals surface area contributed by atoms with Gasteiger partial charge in [0.1, 0.15) is 0 Å². The van der Waals surface area contributed by atoms with Crippen LogP contribution in [0.1, 0.15) is 13.8 Å². The molecule has 0 bridgehead atoms. The highest BCUT2D eigenvalue weighted by atomic mass is 79.9. The van der Waals surface area contributed by atoms with Crippen molar-refractivity contribution in [2.24, 2.45) is 5.92 Å². The smallest absolute Gasteiger partial charge is 0.240 e. The second-order valence-corrected chi connectivity index (χ2v) is 6.74. The van der Waals surface area contributed by atoms with Crippen LogP contribution in [0.5, 0.6) is 0 Å². The molecular weight excluding hydrogens is 306 g/mol. The molecule has 0 spiro atoms. The predicted octanol–water partition coefficient (Wildman–Crippen LogP) is 1.74. The van der Waals surface area contributed by atoms with Gasteiger partial charge in [-0.15, -0.1) is 0 Å². The monoisotopic (exact) mass is 321 g/mol. The zero-order valence-corrected chi connectivity index (χ0v) is 12.1. The van der Waals surface area contributed by atoms with Gasteiger partial charge in [-0.1, -0.05) is 29.8 Å². The number of aliphatic hydroxyl groups excluding tert-OH is 1. The molecule has 0 saturated carbocycles. The molecule has 0 amide bonds. The van der Waals surface area contributed by atoms with Gasteiger partial charge in [0.2, 0.25) is 10.0 Å². The lowest BCUT2D eigenvalue weighted by atomic mass is 10.1. The molecule has 0 unspecified atom stereocenters. The van der Waals surface area contributed by atoms with Gasteiger partial charge in [0.25, 0.3) is 0 Å². The van der Waals surface area contributed by atoms with E-state index in [1.807, 2.05) is 13.8 Å². The van der Waals surface area contributed by atoms with Gasteiger partial charge >= 0.3 is 0 Å². The number of halogens is 1. The minimum Gasteiger partial charge on any atom is -0.395 e. The van der Waals surface area contributed by atoms with Crippen LogP contribution in [0.2, 0.25) is 0 Å². The molecule has 0 aliphatic rings. The Kier molecular flexibility index (Phi) is 5.12. The number of nitrogens with one attached hydrogen (secondary N) is 1. The number of hydrogen-bond acceptors (Lipinski definition) is 3. The summed E-state index contributed by atoms with van der Waals surface area (Å²) in [4.78, 5) is 0.194. The van der Waals surface area contributed by atoms with Crippen molar-refractivity contribution >= 4 is 26.0 Å². The van der Waals surface area contributed by atoms with Crippen molar-refractivity contribution in [2.75, 3.05) is 6.61 Å². The molecule has 0 aliphatic carbocycles. The molecule has 0 aromatic heterocycles. The molecular formula is C11H16BrNO3S. The number of hydrogen-bond donors (Lipinski definition) is 2. The van der Waals surface area contributed by atoms with E-state index in [1.54, 1.807) is 12.1 Å². The summed E-state index contributed by atoms with van der Waals surface area (Å²) in [6.45, 7) is 3.49. The third kappa shape index (κ3) is 4.06. The van der Waals surface area contributed by atoms with E-state index in [-0.39, 0.29) is 17.4 Å². The molecule has 1 rings (SSSR count). The average Bonchev–Trinajstić information content (AvgIpc) is 2.26. The van der Waals surface area contributed by atoms with E-state index in [0.717, 1.165) is 4.47 Å². The standard InChI is InChI=1S/C11H16BrNO3S/c1-8(2)11(7-14)13-17(15,16)10-5-3-9(12)4-6-10/h3-6,8,11,13-14H,7H2,1-2H3/t11-/m1/s1. The van der Waals surface area contributed by atoms with Crippen molar-refractivity contribution in [1.82, 2.24) is 4.72 Å². The van der Waals surface area contributed by atoms with Crippen LogP contribution >= 0.6 is 15.9 Å². The Morgan fingerprint density at radius 1 is 1.29 bits per heavy atom. The molecule has 0 fully saturated rings. The maximum absolute atomic E-state index is 12.0. The van der Waals surface area contributed by atoms with Gasteiger partial charge in [0, 0.05) is 10.5 Å². The molecule has 1 aromatic rings. The quantitative estimate of drug-likeness (QED) is 0.868. The van der Waals surface area contributed by atoms with Gasteiger partial charge in [-0.2, -0.15) is 0 Å². The summed E-state index contributed by atoms with van der Waals surface area (Å²) in [5.74, 6) is 0.0326. The van der Waals surface area contributed by atoms with E-state index in [2.05, 4.69) is 20.7 Å². The first-order valence-corrected chi connectivity index (χ1v) is 7.53. The van der Waals surface area contributed by atoms with E-state index in [4.69, 9.17) is 5.11 Å². The fourth-order valence-electron chi connectivity index (χ4n) is 1.27. The lowest BCUT2D eigenvalue weighted by molar-refractivity contribution is 0.227. The Bertz CT molecular complexity index is 456. The topological polar surface area (TPSA) is 66.4 Å². The molecule has 1 atom stereocenters. The minimum absolute atomic E-state index is 0.0326. The van der Waals surface area contributed by atoms with Gasteiger partial charge < -0.3 is 5.11 Å². The fraction of sp³-hybridized carbons (Fsp3) is 0.455. The summed E-state index contributed by atoms with van der Waals surface area (Å²) in [6, 6.07) is 5.89. The Morgan fingerprint density at radius 3 is 2.24 bits per heavy atom. The van der Waals surface area contributed by atoms with Crippen LogP contribution in [0, 0.1) is 5.92 Å². The minimum atomic E-state index is -3.56. The molecule has 0 heterocycles. The first-order valence-electron chi connectivity index (χ1n) is 5.25. The lowest BCUT2D eigenvalue weighted by Crippen LogP contribution is -2.41. The van der Waals surface area contributed by atoms with Crippen molar-refractivity contribution in [3.05, 3.63) is 28.7 Å². The Morgan fingerprint density at radius 2 is 1.82 bits per heavy atom. The summed E-state index contributed by atoms with van der Waals surface area (Å²) >= 11 is 3.24. The van der Waals surface area contributed by atoms with Crippen LogP contribution in [0.3, 0.4) is 0 Å². The maximum atomic E-state index is 12.0. The van der Waals surface area contributed by atoms with Gasteiger partial charge in [-0.25, -0.2) is 13.1 Å². The highest BCUT2D eigenvalue weighted by Crippen LogP contribution is 2.15. The number of benzene rings is 1. The highest BCUT2D eigenvalue weighted by Gasteiger charge is 2.21. The van der Waals surface area contributed by atoms with Gasteiger partial charge in [-0.05, 0) is 30.2 Å². The van der Waals surface area contributed by atoms with Crippen molar-refractivity contribution in [1.29, 1.82) is 0 Å². The Labute approximate surface area is 110 Å². The zero-order chi connectivity index (χ0) is 13.1. The third-order valence-electron chi connectivity index (χ3n) is 2.43. The largest absolute Gasteiger partial charge is 0.395 e. The van der Waals surface area contributed by atoms with E-state index in [0.29, 0.717) is 0 Å². The summed E-state index contributed by atoms with van der Waals surface area (Å²) in [6.07, 6.45) is 0. The van der Waals surface area contributed by atoms with Crippen LogP contribution in [0.15, 0.2) is 33.6 Å². The van der Waals surface area contributed by atoms with Crippen LogP contribution in [-0.4, -0.2) is 26.2 Å². The SMILES string of the molecule is CC(C)[C@@H](CO)NS(=O)(=O)c1ccc(Br)cc1. The van der Waals surface area contributed by atoms with Crippen molar-refractivity contribution in [3.63, 3.8) is 0 Å². The molecule has 2 N–H and O–H groups in total. The Hall–Kier alpha value is -0.430. The Balaban J connectivity index is 2.92. The van der Waals surface area contributed by atoms with E-state index in [1.165, 1.54) is 12.1 Å². The summed E-state index contributed by atoms with van der Waals surface area (Å²) < 4.78 is 27.3. The van der Waals surface area contributed by atoms with E-state index in [9.17, 15) is 8.42 Å². The number of sulfonamides is 1. The molecule has 96 valence electrons. The highest BCUT2D eigenvalue weighted by molar-refractivity contribution is 9.10. The van der Waals surface area contributed by atoms with Gasteiger partial charge in [0.05, 0.1) is 11.5 Å². The maximum Gasteiger partial charge on any atom is 0.240 e. The van der Waals surface area contributed by atoms with E-state index < -0.39 is 16.1 Å². The van der Waals surface area contributed by atoms with Crippen molar-refractivity contribution in [3.8, 4) is 0 Å². The van der Waals surface area contributed by atoms with E-state index >= 15 is 0 Å². The van der Waals surface area contributed by atoms with Crippen molar-refractivity contribution < 1.29 is 13.5 Å². The second-order valence-electron chi connectivity index (χ2n) is 4.11. The molecule has 17 heavy (non-hydrogen) atoms. The number of aliphatic hydroxyl groups is 1. The predicted molar refractivity (Wildman–Crippen MR) is 70.2 cm³/mol. The molecule has 6 heteroatoms. The van der Waals surface area contributed by atoms with Gasteiger partial charge in [0.15, 0.2) is 0 Å². The summed E-state index contributed by atoms with van der Waals surface area (Å²) in [5.41, 5.74) is 0. The lowest BCUT2D eigenvalue weighted by Gasteiger charge is -2.19. The number of rotatable bonds is 5. The van der Waals surface area contributed by atoms with Crippen LogP contribution in [-0.2, 0) is 10.0 Å². The first kappa shape index (κ1) is 14.6.